The maximum Gasteiger partial charge on any atom is 0.191 e. The fraction of sp³-hybridized carbons (Fsp3) is 0.650. The third kappa shape index (κ3) is 7.60. The summed E-state index contributed by atoms with van der Waals surface area (Å²) in [7, 11) is 3.33. The van der Waals surface area contributed by atoms with E-state index in [2.05, 4.69) is 23.6 Å². The van der Waals surface area contributed by atoms with Gasteiger partial charge in [-0.1, -0.05) is 25.3 Å². The summed E-state index contributed by atoms with van der Waals surface area (Å²) in [5.41, 5.74) is 1.25. The summed E-state index contributed by atoms with van der Waals surface area (Å²) in [6, 6.07) is 6.69. The molecule has 1 aliphatic carbocycles. The molecule has 1 aromatic rings. The number of hydrogen-bond acceptors (Lipinski definition) is 3. The lowest BCUT2D eigenvalue weighted by Crippen LogP contribution is -2.44. The van der Waals surface area contributed by atoms with Crippen molar-refractivity contribution in [3.8, 4) is 11.5 Å². The van der Waals surface area contributed by atoms with Crippen molar-refractivity contribution in [2.24, 2.45) is 4.99 Å². The molecule has 1 fully saturated rings. The molecule has 1 aliphatic rings. The average Bonchev–Trinajstić information content (AvgIpc) is 2.66. The van der Waals surface area contributed by atoms with Crippen LogP contribution in [0.15, 0.2) is 23.2 Å². The lowest BCUT2D eigenvalue weighted by atomic mass is 9.96. The van der Waals surface area contributed by atoms with E-state index >= 15 is 0 Å². The monoisotopic (exact) mass is 475 g/mol. The number of nitrogens with zero attached hydrogens (tertiary/aromatic N) is 1. The van der Waals surface area contributed by atoms with Crippen molar-refractivity contribution < 1.29 is 9.47 Å². The first-order valence-electron chi connectivity index (χ1n) is 9.52. The van der Waals surface area contributed by atoms with E-state index in [1.54, 1.807) is 14.2 Å². The van der Waals surface area contributed by atoms with Crippen LogP contribution < -0.4 is 20.1 Å². The summed E-state index contributed by atoms with van der Waals surface area (Å²) >= 11 is 0. The van der Waals surface area contributed by atoms with Gasteiger partial charge in [0.25, 0.3) is 0 Å². The minimum atomic E-state index is 0. The Balaban J connectivity index is 0.00000338. The first kappa shape index (κ1) is 22.9. The van der Waals surface area contributed by atoms with E-state index in [-0.39, 0.29) is 24.0 Å². The molecule has 0 heterocycles. The Morgan fingerprint density at radius 3 is 2.50 bits per heavy atom. The number of aliphatic imine (C=N–C) groups is 1. The third-order valence-electron chi connectivity index (χ3n) is 4.63. The van der Waals surface area contributed by atoms with Crippen LogP contribution in [-0.2, 0) is 6.42 Å². The van der Waals surface area contributed by atoms with Gasteiger partial charge in [0, 0.05) is 19.1 Å². The van der Waals surface area contributed by atoms with Crippen LogP contribution in [0.5, 0.6) is 11.5 Å². The first-order chi connectivity index (χ1) is 12.3. The quantitative estimate of drug-likeness (QED) is 0.257. The topological polar surface area (TPSA) is 54.9 Å². The smallest absolute Gasteiger partial charge is 0.191 e. The SMILES string of the molecule is CCNC(=NCCCc1ccc(OC)c(OC)c1)NC1CCCCC1.I. The average molecular weight is 475 g/mol. The largest absolute Gasteiger partial charge is 0.493 e. The Bertz CT molecular complexity index is 546. The van der Waals surface area contributed by atoms with Crippen LogP contribution in [0.2, 0.25) is 0 Å². The number of ether oxygens (including phenoxy) is 2. The van der Waals surface area contributed by atoms with E-state index in [9.17, 15) is 0 Å². The van der Waals surface area contributed by atoms with E-state index in [0.717, 1.165) is 43.4 Å². The lowest BCUT2D eigenvalue weighted by molar-refractivity contribution is 0.354. The van der Waals surface area contributed by atoms with Crippen molar-refractivity contribution in [1.29, 1.82) is 0 Å². The second kappa shape index (κ2) is 13.1. The van der Waals surface area contributed by atoms with Crippen LogP contribution >= 0.6 is 24.0 Å². The molecule has 0 unspecified atom stereocenters. The standard InChI is InChI=1S/C20H33N3O2.HI/c1-4-21-20(23-17-10-6-5-7-11-17)22-14-8-9-16-12-13-18(24-2)19(15-16)25-3;/h12-13,15,17H,4-11,14H2,1-3H3,(H2,21,22,23);1H. The minimum absolute atomic E-state index is 0. The van der Waals surface area contributed by atoms with Crippen LogP contribution in [0.3, 0.4) is 0 Å². The normalized spacial score (nSPS) is 15.1. The molecule has 26 heavy (non-hydrogen) atoms. The molecule has 0 amide bonds. The maximum absolute atomic E-state index is 5.37. The molecule has 0 bridgehead atoms. The van der Waals surface area contributed by atoms with Crippen LogP contribution in [0, 0.1) is 0 Å². The zero-order chi connectivity index (χ0) is 17.9. The summed E-state index contributed by atoms with van der Waals surface area (Å²) < 4.78 is 10.6. The van der Waals surface area contributed by atoms with E-state index < -0.39 is 0 Å². The Morgan fingerprint density at radius 2 is 1.85 bits per heavy atom. The number of rotatable bonds is 8. The molecule has 0 aliphatic heterocycles. The molecule has 6 heteroatoms. The molecule has 2 N–H and O–H groups in total. The van der Waals surface area contributed by atoms with Gasteiger partial charge >= 0.3 is 0 Å². The molecule has 0 spiro atoms. The molecule has 1 aromatic carbocycles. The van der Waals surface area contributed by atoms with E-state index in [1.807, 2.05) is 12.1 Å². The molecule has 0 radical (unpaired) electrons. The Morgan fingerprint density at radius 1 is 1.12 bits per heavy atom. The zero-order valence-electron chi connectivity index (χ0n) is 16.3. The van der Waals surface area contributed by atoms with E-state index in [1.165, 1.54) is 37.7 Å². The molecule has 5 nitrogen and oxygen atoms in total. The van der Waals surface area contributed by atoms with Crippen LogP contribution in [-0.4, -0.2) is 39.3 Å². The Hall–Kier alpha value is -1.18. The van der Waals surface area contributed by atoms with Gasteiger partial charge in [0.15, 0.2) is 17.5 Å². The van der Waals surface area contributed by atoms with Gasteiger partial charge in [-0.05, 0) is 50.3 Å². The highest BCUT2D eigenvalue weighted by Crippen LogP contribution is 2.27. The Kier molecular flexibility index (Phi) is 11.5. The fourth-order valence-corrected chi connectivity index (χ4v) is 3.27. The Labute approximate surface area is 175 Å². The second-order valence-corrected chi connectivity index (χ2v) is 6.53. The third-order valence-corrected chi connectivity index (χ3v) is 4.63. The van der Waals surface area contributed by atoms with Crippen molar-refractivity contribution in [2.45, 2.75) is 57.9 Å². The molecule has 148 valence electrons. The summed E-state index contributed by atoms with van der Waals surface area (Å²) in [6.07, 6.45) is 8.54. The molecule has 0 aromatic heterocycles. The number of benzene rings is 1. The number of aryl methyl sites for hydroxylation is 1. The summed E-state index contributed by atoms with van der Waals surface area (Å²) in [4.78, 5) is 4.74. The van der Waals surface area contributed by atoms with Crippen LogP contribution in [0.4, 0.5) is 0 Å². The molecule has 0 atom stereocenters. The number of guanidine groups is 1. The highest BCUT2D eigenvalue weighted by molar-refractivity contribution is 14.0. The van der Waals surface area contributed by atoms with Gasteiger partial charge in [-0.25, -0.2) is 0 Å². The predicted molar refractivity (Wildman–Crippen MR) is 119 cm³/mol. The van der Waals surface area contributed by atoms with Crippen LogP contribution in [0.1, 0.15) is 51.0 Å². The van der Waals surface area contributed by atoms with Crippen molar-refractivity contribution in [2.75, 3.05) is 27.3 Å². The molecule has 2 rings (SSSR count). The molecule has 0 saturated heterocycles. The molecular weight excluding hydrogens is 441 g/mol. The van der Waals surface area contributed by atoms with E-state index in [4.69, 9.17) is 14.5 Å². The first-order valence-corrected chi connectivity index (χ1v) is 9.52. The highest BCUT2D eigenvalue weighted by atomic mass is 127. The minimum Gasteiger partial charge on any atom is -0.493 e. The van der Waals surface area contributed by atoms with Gasteiger partial charge in [-0.2, -0.15) is 0 Å². The summed E-state index contributed by atoms with van der Waals surface area (Å²) in [5, 5.41) is 6.96. The van der Waals surface area contributed by atoms with Gasteiger partial charge in [-0.15, -0.1) is 24.0 Å². The lowest BCUT2D eigenvalue weighted by Gasteiger charge is -2.24. The van der Waals surface area contributed by atoms with Crippen molar-refractivity contribution in [3.63, 3.8) is 0 Å². The maximum atomic E-state index is 5.37. The number of hydrogen-bond donors (Lipinski definition) is 2. The van der Waals surface area contributed by atoms with Gasteiger partial charge in [0.2, 0.25) is 0 Å². The van der Waals surface area contributed by atoms with Crippen molar-refractivity contribution in [1.82, 2.24) is 10.6 Å². The van der Waals surface area contributed by atoms with Gasteiger partial charge in [0.05, 0.1) is 14.2 Å². The molecule has 1 saturated carbocycles. The highest BCUT2D eigenvalue weighted by Gasteiger charge is 2.14. The summed E-state index contributed by atoms with van der Waals surface area (Å²) in [5.74, 6) is 2.52. The van der Waals surface area contributed by atoms with Crippen molar-refractivity contribution >= 4 is 29.9 Å². The number of halogens is 1. The van der Waals surface area contributed by atoms with Gasteiger partial charge in [0.1, 0.15) is 0 Å². The number of nitrogens with one attached hydrogen (secondary N) is 2. The van der Waals surface area contributed by atoms with Gasteiger partial charge in [-0.3, -0.25) is 4.99 Å². The fourth-order valence-electron chi connectivity index (χ4n) is 3.27. The van der Waals surface area contributed by atoms with Gasteiger partial charge < -0.3 is 20.1 Å². The summed E-state index contributed by atoms with van der Waals surface area (Å²) in [6.45, 7) is 3.83. The van der Waals surface area contributed by atoms with Crippen LogP contribution in [0.25, 0.3) is 0 Å². The molecular formula is C20H34IN3O2. The van der Waals surface area contributed by atoms with Crippen molar-refractivity contribution in [3.05, 3.63) is 23.8 Å². The second-order valence-electron chi connectivity index (χ2n) is 6.53. The number of methoxy groups -OCH3 is 2. The zero-order valence-corrected chi connectivity index (χ0v) is 18.7. The van der Waals surface area contributed by atoms with E-state index in [0.29, 0.717) is 6.04 Å². The predicted octanol–water partition coefficient (Wildman–Crippen LogP) is 4.14.